The standard InChI is InChI=1S/C26H26N2O3S/c1-18(22-10-6-7-11-23(22)31-2)27-25(30)20-12-14-21(15-13-20)26-28(24(29)17-32-26)16-19-8-4-3-5-9-19/h3-15,18,26H,16-17H2,1-2H3,(H,27,30)/t18-,26+/m0/s1. The van der Waals surface area contributed by atoms with Gasteiger partial charge in [-0.2, -0.15) is 0 Å². The number of methoxy groups -OCH3 is 1. The first kappa shape index (κ1) is 22.0. The molecule has 4 rings (SSSR count). The van der Waals surface area contributed by atoms with Gasteiger partial charge < -0.3 is 15.0 Å². The molecule has 6 heteroatoms. The van der Waals surface area contributed by atoms with E-state index >= 15 is 0 Å². The second-order valence-electron chi connectivity index (χ2n) is 7.73. The number of ether oxygens (including phenoxy) is 1. The lowest BCUT2D eigenvalue weighted by molar-refractivity contribution is -0.128. The summed E-state index contributed by atoms with van der Waals surface area (Å²) in [4.78, 5) is 27.2. The van der Waals surface area contributed by atoms with Crippen LogP contribution in [0.15, 0.2) is 78.9 Å². The Labute approximate surface area is 192 Å². The zero-order valence-electron chi connectivity index (χ0n) is 18.2. The molecular weight excluding hydrogens is 420 g/mol. The lowest BCUT2D eigenvalue weighted by Gasteiger charge is -2.24. The second kappa shape index (κ2) is 9.92. The SMILES string of the molecule is COc1ccccc1[C@H](C)NC(=O)c1ccc([C@H]2SCC(=O)N2Cc2ccccc2)cc1. The molecule has 0 radical (unpaired) electrons. The first-order valence-corrected chi connectivity index (χ1v) is 11.6. The van der Waals surface area contributed by atoms with E-state index in [0.29, 0.717) is 17.9 Å². The van der Waals surface area contributed by atoms with Gasteiger partial charge in [-0.15, -0.1) is 11.8 Å². The predicted molar refractivity (Wildman–Crippen MR) is 128 cm³/mol. The second-order valence-corrected chi connectivity index (χ2v) is 8.80. The fourth-order valence-electron chi connectivity index (χ4n) is 3.86. The van der Waals surface area contributed by atoms with Crippen LogP contribution in [0.4, 0.5) is 0 Å². The summed E-state index contributed by atoms with van der Waals surface area (Å²) in [7, 11) is 1.62. The maximum absolute atomic E-state index is 12.8. The third-order valence-electron chi connectivity index (χ3n) is 5.57. The summed E-state index contributed by atoms with van der Waals surface area (Å²) in [5.74, 6) is 1.20. The predicted octanol–water partition coefficient (Wildman–Crippen LogP) is 4.96. The zero-order valence-corrected chi connectivity index (χ0v) is 19.0. The van der Waals surface area contributed by atoms with E-state index in [2.05, 4.69) is 5.32 Å². The molecule has 164 valence electrons. The number of amides is 2. The number of carbonyl (C=O) groups excluding carboxylic acids is 2. The van der Waals surface area contributed by atoms with Gasteiger partial charge in [0.15, 0.2) is 0 Å². The highest BCUT2D eigenvalue weighted by atomic mass is 32.2. The number of benzene rings is 3. The van der Waals surface area contributed by atoms with Crippen LogP contribution >= 0.6 is 11.8 Å². The van der Waals surface area contributed by atoms with Crippen LogP contribution < -0.4 is 10.1 Å². The maximum Gasteiger partial charge on any atom is 0.251 e. The summed E-state index contributed by atoms with van der Waals surface area (Å²) in [5.41, 5.74) is 3.64. The van der Waals surface area contributed by atoms with Crippen molar-refractivity contribution in [2.75, 3.05) is 12.9 Å². The number of thioether (sulfide) groups is 1. The average Bonchev–Trinajstić information content (AvgIpc) is 3.19. The quantitative estimate of drug-likeness (QED) is 0.557. The van der Waals surface area contributed by atoms with Crippen LogP contribution in [-0.2, 0) is 11.3 Å². The molecule has 0 aliphatic carbocycles. The van der Waals surface area contributed by atoms with Crippen molar-refractivity contribution in [3.05, 3.63) is 101 Å². The molecule has 0 unspecified atom stereocenters. The molecule has 1 aliphatic rings. The van der Waals surface area contributed by atoms with Crippen LogP contribution in [0.3, 0.4) is 0 Å². The van der Waals surface area contributed by atoms with Gasteiger partial charge in [0.1, 0.15) is 11.1 Å². The highest BCUT2D eigenvalue weighted by Crippen LogP contribution is 2.39. The van der Waals surface area contributed by atoms with Crippen molar-refractivity contribution < 1.29 is 14.3 Å². The molecule has 1 aliphatic heterocycles. The van der Waals surface area contributed by atoms with E-state index in [-0.39, 0.29) is 23.2 Å². The van der Waals surface area contributed by atoms with E-state index in [1.807, 2.05) is 90.7 Å². The minimum Gasteiger partial charge on any atom is -0.496 e. The summed E-state index contributed by atoms with van der Waals surface area (Å²) in [6.45, 7) is 2.52. The first-order valence-electron chi connectivity index (χ1n) is 10.6. The molecule has 1 fully saturated rings. The van der Waals surface area contributed by atoms with Crippen LogP contribution in [0.1, 0.15) is 45.4 Å². The van der Waals surface area contributed by atoms with Crippen molar-refractivity contribution in [1.29, 1.82) is 0 Å². The minimum absolute atomic E-state index is 0.0488. The topological polar surface area (TPSA) is 58.6 Å². The number of nitrogens with one attached hydrogen (secondary N) is 1. The van der Waals surface area contributed by atoms with Crippen LogP contribution in [0.5, 0.6) is 5.75 Å². The van der Waals surface area contributed by atoms with Gasteiger partial charge in [0.25, 0.3) is 5.91 Å². The number of carbonyl (C=O) groups is 2. The summed E-state index contributed by atoms with van der Waals surface area (Å²) in [6, 6.07) is 25.0. The van der Waals surface area contributed by atoms with E-state index in [9.17, 15) is 9.59 Å². The van der Waals surface area contributed by atoms with Gasteiger partial charge in [-0.1, -0.05) is 60.7 Å². The lowest BCUT2D eigenvalue weighted by Crippen LogP contribution is -2.28. The molecule has 32 heavy (non-hydrogen) atoms. The molecule has 5 nitrogen and oxygen atoms in total. The molecule has 2 atom stereocenters. The van der Waals surface area contributed by atoms with Crippen molar-refractivity contribution in [2.45, 2.75) is 24.9 Å². The Morgan fingerprint density at radius 1 is 1.06 bits per heavy atom. The highest BCUT2D eigenvalue weighted by molar-refractivity contribution is 8.00. The van der Waals surface area contributed by atoms with E-state index in [4.69, 9.17) is 4.74 Å². The fraction of sp³-hybridized carbons (Fsp3) is 0.231. The Hall–Kier alpha value is -3.25. The molecule has 1 heterocycles. The summed E-state index contributed by atoms with van der Waals surface area (Å²) < 4.78 is 5.40. The molecular formula is C26H26N2O3S. The van der Waals surface area contributed by atoms with Crippen molar-refractivity contribution >= 4 is 23.6 Å². The molecule has 2 amide bonds. The van der Waals surface area contributed by atoms with Gasteiger partial charge in [0, 0.05) is 17.7 Å². The number of nitrogens with zero attached hydrogens (tertiary/aromatic N) is 1. The first-order chi connectivity index (χ1) is 15.6. The molecule has 0 aromatic heterocycles. The molecule has 0 bridgehead atoms. The van der Waals surface area contributed by atoms with Crippen LogP contribution in [-0.4, -0.2) is 29.6 Å². The lowest BCUT2D eigenvalue weighted by atomic mass is 10.1. The molecule has 0 saturated carbocycles. The van der Waals surface area contributed by atoms with E-state index in [0.717, 1.165) is 22.4 Å². The van der Waals surface area contributed by atoms with E-state index < -0.39 is 0 Å². The van der Waals surface area contributed by atoms with Gasteiger partial charge in [-0.25, -0.2) is 0 Å². The normalized spacial score (nSPS) is 16.6. The Bertz CT molecular complexity index is 1090. The third kappa shape index (κ3) is 4.81. The largest absolute Gasteiger partial charge is 0.496 e. The minimum atomic E-state index is -0.192. The smallest absolute Gasteiger partial charge is 0.251 e. The van der Waals surface area contributed by atoms with Crippen molar-refractivity contribution in [2.24, 2.45) is 0 Å². The number of para-hydroxylation sites is 1. The summed E-state index contributed by atoms with van der Waals surface area (Å²) in [5, 5.41) is 2.99. The fourth-order valence-corrected chi connectivity index (χ4v) is 5.05. The Morgan fingerprint density at radius 3 is 2.47 bits per heavy atom. The van der Waals surface area contributed by atoms with Gasteiger partial charge in [-0.05, 0) is 36.2 Å². The third-order valence-corrected chi connectivity index (χ3v) is 6.83. The monoisotopic (exact) mass is 446 g/mol. The van der Waals surface area contributed by atoms with Gasteiger partial charge in [0.2, 0.25) is 5.91 Å². The maximum atomic E-state index is 12.8. The average molecular weight is 447 g/mol. The molecule has 0 spiro atoms. The van der Waals surface area contributed by atoms with Gasteiger partial charge in [-0.3, -0.25) is 9.59 Å². The van der Waals surface area contributed by atoms with E-state index in [1.165, 1.54) is 0 Å². The van der Waals surface area contributed by atoms with E-state index in [1.54, 1.807) is 18.9 Å². The Kier molecular flexibility index (Phi) is 6.81. The Balaban J connectivity index is 1.45. The highest BCUT2D eigenvalue weighted by Gasteiger charge is 2.32. The molecule has 3 aromatic carbocycles. The number of rotatable bonds is 7. The Morgan fingerprint density at radius 2 is 1.75 bits per heavy atom. The summed E-state index contributed by atoms with van der Waals surface area (Å²) >= 11 is 1.62. The van der Waals surface area contributed by atoms with Crippen molar-refractivity contribution in [3.8, 4) is 5.75 Å². The molecule has 1 N–H and O–H groups in total. The number of hydrogen-bond donors (Lipinski definition) is 1. The van der Waals surface area contributed by atoms with Crippen molar-refractivity contribution in [1.82, 2.24) is 10.2 Å². The van der Waals surface area contributed by atoms with Crippen molar-refractivity contribution in [3.63, 3.8) is 0 Å². The zero-order chi connectivity index (χ0) is 22.5. The van der Waals surface area contributed by atoms with Crippen LogP contribution in [0.2, 0.25) is 0 Å². The molecule has 3 aromatic rings. The molecule has 1 saturated heterocycles. The van der Waals surface area contributed by atoms with Crippen LogP contribution in [0.25, 0.3) is 0 Å². The number of hydrogen-bond acceptors (Lipinski definition) is 4. The van der Waals surface area contributed by atoms with Gasteiger partial charge >= 0.3 is 0 Å². The van der Waals surface area contributed by atoms with Crippen LogP contribution in [0, 0.1) is 0 Å². The van der Waals surface area contributed by atoms with Gasteiger partial charge in [0.05, 0.1) is 18.9 Å². The summed E-state index contributed by atoms with van der Waals surface area (Å²) in [6.07, 6.45) is 0.